The van der Waals surface area contributed by atoms with E-state index in [2.05, 4.69) is 20.6 Å². The van der Waals surface area contributed by atoms with Gasteiger partial charge in [0.1, 0.15) is 11.6 Å². The van der Waals surface area contributed by atoms with Crippen molar-refractivity contribution >= 4 is 16.0 Å². The van der Waals surface area contributed by atoms with Gasteiger partial charge in [0.15, 0.2) is 0 Å². The van der Waals surface area contributed by atoms with Gasteiger partial charge in [-0.15, -0.1) is 0 Å². The third kappa shape index (κ3) is 3.93. The van der Waals surface area contributed by atoms with Crippen molar-refractivity contribution in [2.75, 3.05) is 52.3 Å². The van der Waals surface area contributed by atoms with Gasteiger partial charge in [0.25, 0.3) is 10.2 Å². The van der Waals surface area contributed by atoms with Crippen LogP contribution in [0, 0.1) is 0 Å². The molecule has 0 aliphatic carbocycles. The number of nitrogens with zero attached hydrogens (tertiary/aromatic N) is 4. The topological polar surface area (TPSA) is 99.7 Å². The minimum atomic E-state index is -3.53. The number of rotatable bonds is 6. The maximum atomic E-state index is 13.0. The van der Waals surface area contributed by atoms with Gasteiger partial charge in [0, 0.05) is 39.3 Å². The van der Waals surface area contributed by atoms with Gasteiger partial charge in [-0.25, -0.2) is 9.97 Å². The van der Waals surface area contributed by atoms with Crippen LogP contribution >= 0.6 is 0 Å². The summed E-state index contributed by atoms with van der Waals surface area (Å²) >= 11 is 0. The molecule has 10 heteroatoms. The number of ether oxygens (including phenoxy) is 1. The third-order valence-electron chi connectivity index (χ3n) is 4.50. The lowest BCUT2D eigenvalue weighted by Gasteiger charge is -2.32. The van der Waals surface area contributed by atoms with Crippen LogP contribution in [0.5, 0.6) is 0 Å². The standard InChI is InChI=1S/C15H26N6O3S/c1-16-11-12-10-14(17-2)19-15(18-12)13-4-3-5-21(13)25(22,23)20-6-8-24-9-7-20/h10,13,16H,3-9,11H2,1-2H3,(H,17,18,19)/t13-/m1/s1. The number of anilines is 1. The van der Waals surface area contributed by atoms with E-state index in [-0.39, 0.29) is 6.04 Å². The van der Waals surface area contributed by atoms with Crippen LogP contribution in [0.25, 0.3) is 0 Å². The van der Waals surface area contributed by atoms with Crippen LogP contribution in [0.1, 0.15) is 30.4 Å². The maximum Gasteiger partial charge on any atom is 0.282 e. The van der Waals surface area contributed by atoms with E-state index in [1.54, 1.807) is 11.4 Å². The largest absolute Gasteiger partial charge is 0.379 e. The van der Waals surface area contributed by atoms with Gasteiger partial charge in [-0.1, -0.05) is 0 Å². The monoisotopic (exact) mass is 370 g/mol. The highest BCUT2D eigenvalue weighted by Gasteiger charge is 2.40. The van der Waals surface area contributed by atoms with E-state index >= 15 is 0 Å². The van der Waals surface area contributed by atoms with Gasteiger partial charge in [0.2, 0.25) is 0 Å². The zero-order chi connectivity index (χ0) is 17.9. The number of hydrogen-bond acceptors (Lipinski definition) is 7. The fourth-order valence-corrected chi connectivity index (χ4v) is 5.05. The van der Waals surface area contributed by atoms with Crippen LogP contribution < -0.4 is 10.6 Å². The minimum absolute atomic E-state index is 0.322. The van der Waals surface area contributed by atoms with Gasteiger partial charge in [-0.2, -0.15) is 17.0 Å². The molecular formula is C15H26N6O3S. The zero-order valence-electron chi connectivity index (χ0n) is 14.7. The van der Waals surface area contributed by atoms with Crippen molar-refractivity contribution in [2.45, 2.75) is 25.4 Å². The maximum absolute atomic E-state index is 13.0. The molecule has 2 saturated heterocycles. The van der Waals surface area contributed by atoms with Crippen LogP contribution in [-0.2, 0) is 21.5 Å². The van der Waals surface area contributed by atoms with E-state index in [1.807, 2.05) is 13.1 Å². The average Bonchev–Trinajstić information content (AvgIpc) is 3.13. The van der Waals surface area contributed by atoms with Crippen molar-refractivity contribution in [3.05, 3.63) is 17.6 Å². The summed E-state index contributed by atoms with van der Waals surface area (Å²) in [5.41, 5.74) is 0.840. The summed E-state index contributed by atoms with van der Waals surface area (Å²) in [7, 11) is 0.117. The molecule has 0 radical (unpaired) electrons. The Labute approximate surface area is 149 Å². The van der Waals surface area contributed by atoms with Crippen LogP contribution in [0.3, 0.4) is 0 Å². The van der Waals surface area contributed by atoms with Crippen LogP contribution in [-0.4, -0.2) is 73.9 Å². The highest BCUT2D eigenvalue weighted by atomic mass is 32.2. The summed E-state index contributed by atoms with van der Waals surface area (Å²) in [6.45, 7) is 2.78. The molecule has 0 unspecified atom stereocenters. The fraction of sp³-hybridized carbons (Fsp3) is 0.733. The molecule has 25 heavy (non-hydrogen) atoms. The van der Waals surface area contributed by atoms with E-state index < -0.39 is 10.2 Å². The Morgan fingerprint density at radius 2 is 2.00 bits per heavy atom. The Morgan fingerprint density at radius 3 is 2.68 bits per heavy atom. The predicted octanol–water partition coefficient (Wildman–Crippen LogP) is -0.0484. The zero-order valence-corrected chi connectivity index (χ0v) is 15.5. The van der Waals surface area contributed by atoms with Gasteiger partial charge >= 0.3 is 0 Å². The summed E-state index contributed by atoms with van der Waals surface area (Å²) < 4.78 is 34.4. The molecule has 1 aromatic rings. The second-order valence-corrected chi connectivity index (χ2v) is 8.05. The lowest BCUT2D eigenvalue weighted by atomic mass is 10.2. The number of aromatic nitrogens is 2. The normalized spacial score (nSPS) is 23.0. The molecule has 0 aromatic carbocycles. The molecule has 0 amide bonds. The van der Waals surface area contributed by atoms with Gasteiger partial charge in [0.05, 0.1) is 24.9 Å². The first-order chi connectivity index (χ1) is 12.1. The SMILES string of the molecule is CNCc1cc(NC)nc([C@H]2CCCN2S(=O)(=O)N2CCOCC2)n1. The van der Waals surface area contributed by atoms with E-state index in [0.717, 1.165) is 18.5 Å². The Morgan fingerprint density at radius 1 is 1.24 bits per heavy atom. The molecule has 3 rings (SSSR count). The second kappa shape index (κ2) is 7.92. The fourth-order valence-electron chi connectivity index (χ4n) is 3.27. The number of hydrogen-bond donors (Lipinski definition) is 2. The molecule has 2 aliphatic rings. The van der Waals surface area contributed by atoms with Crippen molar-refractivity contribution in [2.24, 2.45) is 0 Å². The summed E-state index contributed by atoms with van der Waals surface area (Å²) in [5, 5.41) is 6.11. The Balaban J connectivity index is 1.89. The summed E-state index contributed by atoms with van der Waals surface area (Å²) in [4.78, 5) is 9.12. The quantitative estimate of drug-likeness (QED) is 0.724. The Hall–Kier alpha value is -1.33. The van der Waals surface area contributed by atoms with Gasteiger partial charge < -0.3 is 15.4 Å². The molecule has 2 aliphatic heterocycles. The molecule has 0 spiro atoms. The minimum Gasteiger partial charge on any atom is -0.379 e. The molecule has 2 fully saturated rings. The second-order valence-electron chi connectivity index (χ2n) is 6.17. The van der Waals surface area contributed by atoms with E-state index in [0.29, 0.717) is 51.0 Å². The first-order valence-electron chi connectivity index (χ1n) is 8.61. The van der Waals surface area contributed by atoms with Crippen LogP contribution in [0.4, 0.5) is 5.82 Å². The van der Waals surface area contributed by atoms with Crippen molar-refractivity contribution in [1.82, 2.24) is 23.9 Å². The van der Waals surface area contributed by atoms with E-state index in [4.69, 9.17) is 4.74 Å². The molecule has 0 bridgehead atoms. The Kier molecular flexibility index (Phi) is 5.85. The molecule has 3 heterocycles. The van der Waals surface area contributed by atoms with E-state index in [9.17, 15) is 8.42 Å². The predicted molar refractivity (Wildman–Crippen MR) is 94.3 cm³/mol. The molecule has 1 aromatic heterocycles. The van der Waals surface area contributed by atoms with Crippen LogP contribution in [0.15, 0.2) is 6.07 Å². The van der Waals surface area contributed by atoms with E-state index in [1.165, 1.54) is 4.31 Å². The molecule has 140 valence electrons. The summed E-state index contributed by atoms with van der Waals surface area (Å²) in [5.74, 6) is 1.26. The lowest BCUT2D eigenvalue weighted by molar-refractivity contribution is 0.0698. The van der Waals surface area contributed by atoms with Gasteiger partial charge in [-0.3, -0.25) is 0 Å². The summed E-state index contributed by atoms with van der Waals surface area (Å²) in [6, 6.07) is 1.55. The van der Waals surface area contributed by atoms with Crippen molar-refractivity contribution < 1.29 is 13.2 Å². The highest BCUT2D eigenvalue weighted by Crippen LogP contribution is 2.34. The first kappa shape index (κ1) is 18.5. The number of nitrogens with one attached hydrogen (secondary N) is 2. The number of morpholine rings is 1. The average molecular weight is 370 g/mol. The van der Waals surface area contributed by atoms with Crippen molar-refractivity contribution in [3.63, 3.8) is 0 Å². The highest BCUT2D eigenvalue weighted by molar-refractivity contribution is 7.86. The third-order valence-corrected chi connectivity index (χ3v) is 6.55. The van der Waals surface area contributed by atoms with Crippen molar-refractivity contribution in [3.8, 4) is 0 Å². The molecule has 1 atom stereocenters. The summed E-state index contributed by atoms with van der Waals surface area (Å²) in [6.07, 6.45) is 1.54. The lowest BCUT2D eigenvalue weighted by Crippen LogP contribution is -2.48. The smallest absolute Gasteiger partial charge is 0.282 e. The molecule has 2 N–H and O–H groups in total. The van der Waals surface area contributed by atoms with Crippen LogP contribution in [0.2, 0.25) is 0 Å². The van der Waals surface area contributed by atoms with Gasteiger partial charge in [-0.05, 0) is 19.9 Å². The van der Waals surface area contributed by atoms with Crippen molar-refractivity contribution in [1.29, 1.82) is 0 Å². The molecule has 0 saturated carbocycles. The molecule has 9 nitrogen and oxygen atoms in total. The molecular weight excluding hydrogens is 344 g/mol. The Bertz CT molecular complexity index is 693. The first-order valence-corrected chi connectivity index (χ1v) is 10.0.